The molecular formula is C11H15Cl2NO. The highest BCUT2D eigenvalue weighted by Crippen LogP contribution is 2.25. The summed E-state index contributed by atoms with van der Waals surface area (Å²) < 4.78 is 5.66. The van der Waals surface area contributed by atoms with E-state index in [1.54, 1.807) is 0 Å². The zero-order chi connectivity index (χ0) is 9.97. The van der Waals surface area contributed by atoms with Crippen molar-refractivity contribution in [3.8, 4) is 0 Å². The lowest BCUT2D eigenvalue weighted by Crippen LogP contribution is -2.36. The molecule has 0 bridgehead atoms. The molecule has 1 fully saturated rings. The fraction of sp³-hybridized carbons (Fsp3) is 0.455. The first kappa shape index (κ1) is 12.8. The molecule has 15 heavy (non-hydrogen) atoms. The second-order valence-corrected chi connectivity index (χ2v) is 4.16. The van der Waals surface area contributed by atoms with Gasteiger partial charge in [-0.25, -0.2) is 0 Å². The molecule has 0 spiro atoms. The molecule has 2 unspecified atom stereocenters. The van der Waals surface area contributed by atoms with Crippen molar-refractivity contribution < 1.29 is 4.74 Å². The molecule has 0 amide bonds. The predicted molar refractivity (Wildman–Crippen MR) is 64.6 cm³/mol. The minimum Gasteiger partial charge on any atom is -0.359 e. The molecule has 1 N–H and O–H groups in total. The van der Waals surface area contributed by atoms with Gasteiger partial charge >= 0.3 is 0 Å². The van der Waals surface area contributed by atoms with Crippen molar-refractivity contribution in [1.82, 2.24) is 5.32 Å². The van der Waals surface area contributed by atoms with E-state index in [0.717, 1.165) is 23.7 Å². The van der Waals surface area contributed by atoms with Crippen LogP contribution >= 0.6 is 24.0 Å². The molecule has 1 aromatic rings. The smallest absolute Gasteiger partial charge is 0.135 e. The molecule has 4 heteroatoms. The maximum Gasteiger partial charge on any atom is 0.135 e. The number of benzene rings is 1. The van der Waals surface area contributed by atoms with Gasteiger partial charge in [-0.2, -0.15) is 0 Å². The van der Waals surface area contributed by atoms with Gasteiger partial charge in [0.25, 0.3) is 0 Å². The van der Waals surface area contributed by atoms with Crippen LogP contribution in [0.5, 0.6) is 0 Å². The molecule has 1 heterocycles. The summed E-state index contributed by atoms with van der Waals surface area (Å²) in [5.41, 5.74) is 1.03. The van der Waals surface area contributed by atoms with Gasteiger partial charge in [-0.3, -0.25) is 5.32 Å². The Morgan fingerprint density at radius 3 is 2.73 bits per heavy atom. The molecule has 2 atom stereocenters. The van der Waals surface area contributed by atoms with Gasteiger partial charge in [0.15, 0.2) is 0 Å². The fourth-order valence-electron chi connectivity index (χ4n) is 1.57. The molecule has 0 saturated carbocycles. The van der Waals surface area contributed by atoms with Gasteiger partial charge in [-0.15, -0.1) is 12.4 Å². The summed E-state index contributed by atoms with van der Waals surface area (Å²) in [7, 11) is 0. The largest absolute Gasteiger partial charge is 0.359 e. The van der Waals surface area contributed by atoms with Gasteiger partial charge in [0.2, 0.25) is 0 Å². The van der Waals surface area contributed by atoms with E-state index in [4.69, 9.17) is 16.3 Å². The van der Waals surface area contributed by atoms with Crippen molar-refractivity contribution >= 4 is 24.0 Å². The quantitative estimate of drug-likeness (QED) is 0.824. The van der Waals surface area contributed by atoms with E-state index in [1.165, 1.54) is 0 Å². The van der Waals surface area contributed by atoms with Crippen LogP contribution in [0.2, 0.25) is 5.02 Å². The number of ether oxygens (including phenoxy) is 1. The second-order valence-electron chi connectivity index (χ2n) is 3.75. The molecule has 1 aliphatic heterocycles. The summed E-state index contributed by atoms with van der Waals surface area (Å²) in [6, 6.07) is 7.79. The van der Waals surface area contributed by atoms with E-state index >= 15 is 0 Å². The zero-order valence-electron chi connectivity index (χ0n) is 8.57. The minimum absolute atomic E-state index is 0. The van der Waals surface area contributed by atoms with Gasteiger partial charge < -0.3 is 4.74 Å². The summed E-state index contributed by atoms with van der Waals surface area (Å²) in [6.07, 6.45) is -0.0418. The van der Waals surface area contributed by atoms with Gasteiger partial charge in [0, 0.05) is 17.1 Å². The first-order valence-corrected chi connectivity index (χ1v) is 5.24. The number of halogens is 2. The molecule has 0 radical (unpaired) electrons. The van der Waals surface area contributed by atoms with Crippen LogP contribution in [-0.2, 0) is 4.74 Å². The average molecular weight is 248 g/mol. The number of hydrogen-bond acceptors (Lipinski definition) is 2. The van der Waals surface area contributed by atoms with Crippen molar-refractivity contribution in [1.29, 1.82) is 0 Å². The summed E-state index contributed by atoms with van der Waals surface area (Å²) in [4.78, 5) is 0. The van der Waals surface area contributed by atoms with Gasteiger partial charge in [0.1, 0.15) is 6.23 Å². The molecular weight excluding hydrogens is 233 g/mol. The molecule has 0 aliphatic carbocycles. The number of hydrogen-bond donors (Lipinski definition) is 1. The third-order valence-corrected chi connectivity index (χ3v) is 2.73. The number of rotatable bonds is 1. The van der Waals surface area contributed by atoms with Crippen molar-refractivity contribution in [2.45, 2.75) is 13.2 Å². The third kappa shape index (κ3) is 3.08. The van der Waals surface area contributed by atoms with E-state index in [9.17, 15) is 0 Å². The Morgan fingerprint density at radius 2 is 2.13 bits per heavy atom. The Morgan fingerprint density at radius 1 is 1.40 bits per heavy atom. The highest BCUT2D eigenvalue weighted by molar-refractivity contribution is 6.31. The highest BCUT2D eigenvalue weighted by atomic mass is 35.5. The summed E-state index contributed by atoms with van der Waals surface area (Å²) in [6.45, 7) is 3.94. The Balaban J connectivity index is 0.00000112. The van der Waals surface area contributed by atoms with Crippen LogP contribution < -0.4 is 5.32 Å². The normalized spacial score (nSPS) is 25.7. The van der Waals surface area contributed by atoms with E-state index in [1.807, 2.05) is 24.3 Å². The standard InChI is InChI=1S/C11H14ClNO.ClH/c1-8-6-13-11(14-7-8)9-4-2-3-5-10(9)12;/h2-5,8,11,13H,6-7H2,1H3;1H. The van der Waals surface area contributed by atoms with Crippen molar-refractivity contribution in [2.24, 2.45) is 5.92 Å². The van der Waals surface area contributed by atoms with Gasteiger partial charge in [0.05, 0.1) is 6.61 Å². The molecule has 2 nitrogen and oxygen atoms in total. The van der Waals surface area contributed by atoms with Crippen molar-refractivity contribution in [3.63, 3.8) is 0 Å². The van der Waals surface area contributed by atoms with E-state index in [-0.39, 0.29) is 18.6 Å². The lowest BCUT2D eigenvalue weighted by Gasteiger charge is -2.29. The Kier molecular flexibility index (Phi) is 4.87. The average Bonchev–Trinajstić information content (AvgIpc) is 2.20. The third-order valence-electron chi connectivity index (χ3n) is 2.39. The molecule has 2 rings (SSSR count). The van der Waals surface area contributed by atoms with Crippen LogP contribution in [-0.4, -0.2) is 13.2 Å². The van der Waals surface area contributed by atoms with Crippen LogP contribution in [0.25, 0.3) is 0 Å². The monoisotopic (exact) mass is 247 g/mol. The molecule has 1 saturated heterocycles. The van der Waals surface area contributed by atoms with Crippen LogP contribution in [0.1, 0.15) is 18.7 Å². The minimum atomic E-state index is -0.0418. The molecule has 0 aromatic heterocycles. The first-order valence-electron chi connectivity index (χ1n) is 4.87. The van der Waals surface area contributed by atoms with Crippen molar-refractivity contribution in [2.75, 3.05) is 13.2 Å². The Bertz CT molecular complexity index is 311. The van der Waals surface area contributed by atoms with Crippen LogP contribution in [0.4, 0.5) is 0 Å². The van der Waals surface area contributed by atoms with Crippen molar-refractivity contribution in [3.05, 3.63) is 34.9 Å². The van der Waals surface area contributed by atoms with E-state index in [0.29, 0.717) is 5.92 Å². The maximum atomic E-state index is 6.07. The predicted octanol–water partition coefficient (Wildman–Crippen LogP) is 3.02. The van der Waals surface area contributed by atoms with Gasteiger partial charge in [-0.05, 0) is 12.0 Å². The maximum absolute atomic E-state index is 6.07. The summed E-state index contributed by atoms with van der Waals surface area (Å²) >= 11 is 6.07. The fourth-order valence-corrected chi connectivity index (χ4v) is 1.81. The zero-order valence-corrected chi connectivity index (χ0v) is 10.1. The topological polar surface area (TPSA) is 21.3 Å². The number of nitrogens with one attached hydrogen (secondary N) is 1. The van der Waals surface area contributed by atoms with Crippen LogP contribution in [0.15, 0.2) is 24.3 Å². The van der Waals surface area contributed by atoms with Crippen LogP contribution in [0, 0.1) is 5.92 Å². The lowest BCUT2D eigenvalue weighted by atomic mass is 10.1. The Labute approximate surface area is 101 Å². The second kappa shape index (κ2) is 5.71. The van der Waals surface area contributed by atoms with E-state index in [2.05, 4.69) is 12.2 Å². The van der Waals surface area contributed by atoms with E-state index < -0.39 is 0 Å². The highest BCUT2D eigenvalue weighted by Gasteiger charge is 2.20. The summed E-state index contributed by atoms with van der Waals surface area (Å²) in [5.74, 6) is 0.578. The first-order chi connectivity index (χ1) is 6.77. The molecule has 1 aromatic carbocycles. The molecule has 1 aliphatic rings. The summed E-state index contributed by atoms with van der Waals surface area (Å²) in [5, 5.41) is 4.08. The Hall–Kier alpha value is -0.280. The van der Waals surface area contributed by atoms with Gasteiger partial charge in [-0.1, -0.05) is 36.7 Å². The SMILES string of the molecule is CC1CNC(c2ccccc2Cl)OC1.Cl. The lowest BCUT2D eigenvalue weighted by molar-refractivity contribution is -0.0253. The van der Waals surface area contributed by atoms with Crippen LogP contribution in [0.3, 0.4) is 0 Å². The molecule has 84 valence electrons.